The molecule has 2 aromatic carbocycles. The smallest absolute Gasteiger partial charge is 1.00 e. The molecular formula is C22H23Cl3Ti. The van der Waals surface area contributed by atoms with Gasteiger partial charge in [0.1, 0.15) is 0 Å². The Morgan fingerprint density at radius 1 is 0.846 bits per heavy atom. The van der Waals surface area contributed by atoms with Gasteiger partial charge in [-0.2, -0.15) is 0 Å². The quantitative estimate of drug-likeness (QED) is 0.433. The Balaban J connectivity index is 0.00000208. The topological polar surface area (TPSA) is 0 Å². The molecule has 26 heavy (non-hydrogen) atoms. The first kappa shape index (κ1) is 25.5. The second kappa shape index (κ2) is 11.4. The van der Waals surface area contributed by atoms with Crippen LogP contribution >= 0.6 is 0 Å². The molecule has 0 radical (unpaired) electrons. The molecule has 0 saturated heterocycles. The van der Waals surface area contributed by atoms with Crippen LogP contribution in [0.5, 0.6) is 0 Å². The van der Waals surface area contributed by atoms with Crippen LogP contribution in [0.25, 0.3) is 0 Å². The van der Waals surface area contributed by atoms with E-state index in [1.807, 2.05) is 0 Å². The fourth-order valence-corrected chi connectivity index (χ4v) is 4.30. The van der Waals surface area contributed by atoms with Gasteiger partial charge in [0.2, 0.25) is 0 Å². The summed E-state index contributed by atoms with van der Waals surface area (Å²) < 4.78 is 1.47. The van der Waals surface area contributed by atoms with E-state index in [0.29, 0.717) is 0 Å². The van der Waals surface area contributed by atoms with E-state index in [4.69, 9.17) is 0 Å². The average molecular weight is 442 g/mol. The Kier molecular flexibility index (Phi) is 11.2. The van der Waals surface area contributed by atoms with E-state index in [2.05, 4.69) is 101 Å². The second-order valence-corrected chi connectivity index (χ2v) is 7.23. The zero-order chi connectivity index (χ0) is 16.3. The summed E-state index contributed by atoms with van der Waals surface area (Å²) in [5.74, 6) is 0. The molecule has 0 aromatic heterocycles. The van der Waals surface area contributed by atoms with E-state index in [1.165, 1.54) is 27.8 Å². The maximum atomic E-state index is 2.41. The van der Waals surface area contributed by atoms with Gasteiger partial charge >= 0.3 is 152 Å². The van der Waals surface area contributed by atoms with Crippen molar-refractivity contribution < 1.29 is 57.7 Å². The average Bonchev–Trinajstić information content (AvgIpc) is 2.97. The van der Waals surface area contributed by atoms with Crippen LogP contribution in [-0.4, -0.2) is 0 Å². The number of benzene rings is 2. The molecule has 0 saturated carbocycles. The molecule has 0 heterocycles. The normalized spacial score (nSPS) is 13.3. The summed E-state index contributed by atoms with van der Waals surface area (Å²) in [6, 6.07) is 21.9. The van der Waals surface area contributed by atoms with Crippen LogP contribution in [0.3, 0.4) is 0 Å². The van der Waals surface area contributed by atoms with Gasteiger partial charge in [-0.1, -0.05) is 0 Å². The van der Waals surface area contributed by atoms with Gasteiger partial charge < -0.3 is 37.2 Å². The van der Waals surface area contributed by atoms with E-state index in [1.54, 1.807) is 11.1 Å². The number of allylic oxidation sites excluding steroid dienone is 4. The van der Waals surface area contributed by atoms with Gasteiger partial charge in [0, 0.05) is 0 Å². The number of hydrogen-bond donors (Lipinski definition) is 0. The van der Waals surface area contributed by atoms with Crippen LogP contribution < -0.4 is 37.2 Å². The fourth-order valence-electron chi connectivity index (χ4n) is 3.71. The van der Waals surface area contributed by atoms with Crippen LogP contribution in [0, 0.1) is 0 Å². The Morgan fingerprint density at radius 2 is 1.31 bits per heavy atom. The third kappa shape index (κ3) is 4.86. The Bertz CT molecular complexity index is 697. The maximum Gasteiger partial charge on any atom is -1.00 e. The first-order valence-electron chi connectivity index (χ1n) is 8.43. The third-order valence-corrected chi connectivity index (χ3v) is 5.80. The van der Waals surface area contributed by atoms with E-state index in [0.717, 1.165) is 6.42 Å². The fraction of sp³-hybridized carbons (Fsp3) is 0.273. The van der Waals surface area contributed by atoms with Crippen molar-refractivity contribution in [2.45, 2.75) is 38.5 Å². The molecule has 0 atom stereocenters. The van der Waals surface area contributed by atoms with Crippen molar-refractivity contribution in [3.8, 4) is 0 Å². The van der Waals surface area contributed by atoms with Crippen molar-refractivity contribution in [2.24, 2.45) is 0 Å². The van der Waals surface area contributed by atoms with Gasteiger partial charge in [0.05, 0.1) is 0 Å². The summed E-state index contributed by atoms with van der Waals surface area (Å²) >= 11 is 2.27. The summed E-state index contributed by atoms with van der Waals surface area (Å²) in [6.07, 6.45) is 5.85. The molecule has 4 heteroatoms. The number of rotatable bonds is 5. The molecule has 0 amide bonds. The molecule has 136 valence electrons. The molecule has 3 rings (SSSR count). The standard InChI is InChI=1S/C22H23.3ClH.Ti/c1-3-11-18-12-10-17-21(18)22(2,19-13-6-4-7-14-19)20-15-8-5-9-16-20;;;;/h4-10,13-16H,3,11,17H2,1-2H3;3*1H;/q;;;;+3/p-3. The van der Waals surface area contributed by atoms with Crippen molar-refractivity contribution in [3.63, 3.8) is 0 Å². The molecule has 0 spiro atoms. The van der Waals surface area contributed by atoms with Crippen molar-refractivity contribution in [1.82, 2.24) is 0 Å². The Morgan fingerprint density at radius 3 is 1.73 bits per heavy atom. The largest absolute Gasteiger partial charge is 1.00 e. The van der Waals surface area contributed by atoms with Gasteiger partial charge in [-0.25, -0.2) is 0 Å². The van der Waals surface area contributed by atoms with Gasteiger partial charge in [-0.3, -0.25) is 0 Å². The Hall–Kier alpha value is -0.496. The SMILES string of the molecule is CCCC1=C(C(C)(c2ccccc2)c2ccccc2)CC=[C]1[Ti+3].[Cl-].[Cl-].[Cl-]. The molecule has 0 fully saturated rings. The monoisotopic (exact) mass is 440 g/mol. The first-order valence-corrected chi connectivity index (χ1v) is 9.21. The second-order valence-electron chi connectivity index (χ2n) is 6.39. The van der Waals surface area contributed by atoms with E-state index in [-0.39, 0.29) is 42.6 Å². The van der Waals surface area contributed by atoms with Crippen LogP contribution in [0.15, 0.2) is 81.8 Å². The van der Waals surface area contributed by atoms with Crippen LogP contribution in [0.1, 0.15) is 44.2 Å². The van der Waals surface area contributed by atoms with E-state index < -0.39 is 0 Å². The van der Waals surface area contributed by atoms with Gasteiger partial charge in [0.25, 0.3) is 0 Å². The third-order valence-electron chi connectivity index (χ3n) is 5.01. The van der Waals surface area contributed by atoms with Crippen molar-refractivity contribution in [1.29, 1.82) is 0 Å². The summed E-state index contributed by atoms with van der Waals surface area (Å²) in [7, 11) is 0. The number of halogens is 3. The molecule has 0 nitrogen and oxygen atoms in total. The summed E-state index contributed by atoms with van der Waals surface area (Å²) in [6.45, 7) is 4.67. The minimum absolute atomic E-state index is 0. The van der Waals surface area contributed by atoms with Gasteiger partial charge in [-0.15, -0.1) is 0 Å². The zero-order valence-electron chi connectivity index (χ0n) is 15.1. The zero-order valence-corrected chi connectivity index (χ0v) is 18.9. The van der Waals surface area contributed by atoms with E-state index in [9.17, 15) is 0 Å². The van der Waals surface area contributed by atoms with E-state index >= 15 is 0 Å². The van der Waals surface area contributed by atoms with Crippen molar-refractivity contribution >= 4 is 0 Å². The van der Waals surface area contributed by atoms with Crippen LogP contribution in [0.2, 0.25) is 0 Å². The molecular weight excluding hydrogens is 418 g/mol. The summed E-state index contributed by atoms with van der Waals surface area (Å²) in [5.41, 5.74) is 5.87. The first-order chi connectivity index (χ1) is 11.2. The molecule has 2 aromatic rings. The van der Waals surface area contributed by atoms with Crippen molar-refractivity contribution in [3.05, 3.63) is 92.9 Å². The molecule has 1 aliphatic rings. The van der Waals surface area contributed by atoms with Crippen molar-refractivity contribution in [2.75, 3.05) is 0 Å². The predicted molar refractivity (Wildman–Crippen MR) is 94.0 cm³/mol. The summed E-state index contributed by atoms with van der Waals surface area (Å²) in [4.78, 5) is 0. The van der Waals surface area contributed by atoms with Crippen LogP contribution in [-0.2, 0) is 25.9 Å². The van der Waals surface area contributed by atoms with Gasteiger partial charge in [-0.05, 0) is 0 Å². The summed E-state index contributed by atoms with van der Waals surface area (Å²) in [5, 5.41) is 0. The molecule has 0 unspecified atom stereocenters. The Labute approximate surface area is 188 Å². The van der Waals surface area contributed by atoms with Gasteiger partial charge in [0.15, 0.2) is 0 Å². The molecule has 0 N–H and O–H groups in total. The minimum Gasteiger partial charge on any atom is -1.00 e. The minimum atomic E-state index is -0.0543. The molecule has 1 aliphatic carbocycles. The molecule has 0 bridgehead atoms. The predicted octanol–water partition coefficient (Wildman–Crippen LogP) is -3.06. The van der Waals surface area contributed by atoms with Crippen LogP contribution in [0.4, 0.5) is 0 Å². The maximum absolute atomic E-state index is 2.41. The molecule has 0 aliphatic heterocycles. The number of hydrogen-bond acceptors (Lipinski definition) is 0.